The summed E-state index contributed by atoms with van der Waals surface area (Å²) < 4.78 is 0. The van der Waals surface area contributed by atoms with E-state index in [1.54, 1.807) is 0 Å². The van der Waals surface area contributed by atoms with Gasteiger partial charge in [0.1, 0.15) is 0 Å². The third kappa shape index (κ3) is 1.92. The van der Waals surface area contributed by atoms with Gasteiger partial charge in [-0.25, -0.2) is 0 Å². The maximum Gasteiger partial charge on any atom is 0.229 e. The van der Waals surface area contributed by atoms with Crippen molar-refractivity contribution in [2.24, 2.45) is 5.92 Å². The predicted molar refractivity (Wildman–Crippen MR) is 62.4 cm³/mol. The van der Waals surface area contributed by atoms with E-state index in [-0.39, 0.29) is 11.8 Å². The lowest BCUT2D eigenvalue weighted by atomic mass is 10.1. The SMILES string of the molecule is CCC1CNc2c(Cl)cccc2NC1=O. The number of carbonyl (C=O) groups is 1. The predicted octanol–water partition coefficient (Wildman–Crippen LogP) is 2.73. The number of nitrogens with one attached hydrogen (secondary N) is 2. The van der Waals surface area contributed by atoms with Gasteiger partial charge in [-0.2, -0.15) is 0 Å². The smallest absolute Gasteiger partial charge is 0.229 e. The van der Waals surface area contributed by atoms with Crippen LogP contribution < -0.4 is 10.6 Å². The Morgan fingerprint density at radius 1 is 1.53 bits per heavy atom. The van der Waals surface area contributed by atoms with Crippen molar-refractivity contribution in [2.75, 3.05) is 17.2 Å². The number of rotatable bonds is 1. The molecule has 15 heavy (non-hydrogen) atoms. The van der Waals surface area contributed by atoms with Crippen LogP contribution in [0.1, 0.15) is 13.3 Å². The number of hydrogen-bond donors (Lipinski definition) is 2. The van der Waals surface area contributed by atoms with Gasteiger partial charge in [-0.3, -0.25) is 4.79 Å². The second kappa shape index (κ2) is 4.11. The highest BCUT2D eigenvalue weighted by molar-refractivity contribution is 6.34. The second-order valence-corrected chi connectivity index (χ2v) is 4.04. The van der Waals surface area contributed by atoms with E-state index in [9.17, 15) is 4.79 Å². The average molecular weight is 225 g/mol. The summed E-state index contributed by atoms with van der Waals surface area (Å²) in [5, 5.41) is 6.73. The van der Waals surface area contributed by atoms with Gasteiger partial charge in [-0.15, -0.1) is 0 Å². The number of halogens is 1. The van der Waals surface area contributed by atoms with Gasteiger partial charge < -0.3 is 10.6 Å². The number of carbonyl (C=O) groups excluding carboxylic acids is 1. The van der Waals surface area contributed by atoms with Crippen LogP contribution in [0.2, 0.25) is 5.02 Å². The van der Waals surface area contributed by atoms with Crippen LogP contribution in [0.4, 0.5) is 11.4 Å². The molecule has 3 nitrogen and oxygen atoms in total. The molecule has 1 aliphatic rings. The number of hydrogen-bond acceptors (Lipinski definition) is 2. The van der Waals surface area contributed by atoms with Crippen molar-refractivity contribution in [3.8, 4) is 0 Å². The lowest BCUT2D eigenvalue weighted by molar-refractivity contribution is -0.119. The topological polar surface area (TPSA) is 41.1 Å². The molecule has 0 fully saturated rings. The Labute approximate surface area is 93.8 Å². The molecule has 80 valence electrons. The molecule has 1 heterocycles. The molecule has 4 heteroatoms. The van der Waals surface area contributed by atoms with E-state index in [0.717, 1.165) is 17.8 Å². The number of amides is 1. The molecule has 1 aliphatic heterocycles. The van der Waals surface area contributed by atoms with Crippen LogP contribution in [0.25, 0.3) is 0 Å². The summed E-state index contributed by atoms with van der Waals surface area (Å²) in [6.45, 7) is 2.64. The monoisotopic (exact) mass is 224 g/mol. The lowest BCUT2D eigenvalue weighted by Gasteiger charge is -2.09. The van der Waals surface area contributed by atoms with Gasteiger partial charge in [0.05, 0.1) is 22.3 Å². The summed E-state index contributed by atoms with van der Waals surface area (Å²) in [7, 11) is 0. The molecule has 2 rings (SSSR count). The average Bonchev–Trinajstić information content (AvgIpc) is 2.37. The van der Waals surface area contributed by atoms with Gasteiger partial charge in [-0.1, -0.05) is 24.6 Å². The molecule has 0 saturated carbocycles. The Kier molecular flexibility index (Phi) is 2.82. The summed E-state index contributed by atoms with van der Waals surface area (Å²) in [5.74, 6) is 0.0690. The van der Waals surface area contributed by atoms with E-state index in [2.05, 4.69) is 10.6 Å². The Bertz CT molecular complexity index is 392. The minimum atomic E-state index is 0.00784. The molecule has 0 saturated heterocycles. The molecular weight excluding hydrogens is 212 g/mol. The van der Waals surface area contributed by atoms with Crippen LogP contribution in [-0.4, -0.2) is 12.5 Å². The maximum absolute atomic E-state index is 11.7. The highest BCUT2D eigenvalue weighted by Crippen LogP contribution is 2.32. The molecule has 0 bridgehead atoms. The maximum atomic E-state index is 11.7. The molecule has 1 aromatic carbocycles. The first-order chi connectivity index (χ1) is 7.22. The molecule has 1 aromatic rings. The zero-order chi connectivity index (χ0) is 10.8. The Hall–Kier alpha value is -1.22. The van der Waals surface area contributed by atoms with Crippen molar-refractivity contribution >= 4 is 28.9 Å². The molecule has 1 unspecified atom stereocenters. The van der Waals surface area contributed by atoms with Gasteiger partial charge >= 0.3 is 0 Å². The number of para-hydroxylation sites is 1. The van der Waals surface area contributed by atoms with Gasteiger partial charge in [0.2, 0.25) is 5.91 Å². The van der Waals surface area contributed by atoms with E-state index in [0.29, 0.717) is 11.6 Å². The summed E-state index contributed by atoms with van der Waals surface area (Å²) in [6, 6.07) is 5.49. The quantitative estimate of drug-likeness (QED) is 0.770. The van der Waals surface area contributed by atoms with Crippen LogP contribution in [0.3, 0.4) is 0 Å². The van der Waals surface area contributed by atoms with E-state index < -0.39 is 0 Å². The van der Waals surface area contributed by atoms with Gasteiger partial charge in [0.15, 0.2) is 0 Å². The third-order valence-electron chi connectivity index (χ3n) is 2.66. The number of fused-ring (bicyclic) bond motifs is 1. The third-order valence-corrected chi connectivity index (χ3v) is 2.98. The molecule has 1 amide bonds. The van der Waals surface area contributed by atoms with Crippen molar-refractivity contribution < 1.29 is 4.79 Å². The van der Waals surface area contributed by atoms with Crippen LogP contribution in [0.15, 0.2) is 18.2 Å². The zero-order valence-electron chi connectivity index (χ0n) is 8.51. The van der Waals surface area contributed by atoms with Crippen LogP contribution in [-0.2, 0) is 4.79 Å². The first-order valence-electron chi connectivity index (χ1n) is 5.05. The van der Waals surface area contributed by atoms with Crippen molar-refractivity contribution in [1.29, 1.82) is 0 Å². The highest BCUT2D eigenvalue weighted by atomic mass is 35.5. The van der Waals surface area contributed by atoms with E-state index >= 15 is 0 Å². The standard InChI is InChI=1S/C11H13ClN2O/c1-2-7-6-13-10-8(12)4-3-5-9(10)14-11(7)15/h3-5,7,13H,2,6H2,1H3,(H,14,15). The van der Waals surface area contributed by atoms with Crippen molar-refractivity contribution in [1.82, 2.24) is 0 Å². The van der Waals surface area contributed by atoms with E-state index in [1.165, 1.54) is 0 Å². The number of anilines is 2. The summed E-state index contributed by atoms with van der Waals surface area (Å²) in [5.41, 5.74) is 1.59. The second-order valence-electron chi connectivity index (χ2n) is 3.64. The minimum absolute atomic E-state index is 0.00784. The fourth-order valence-corrected chi connectivity index (χ4v) is 1.93. The fourth-order valence-electron chi connectivity index (χ4n) is 1.69. The van der Waals surface area contributed by atoms with Crippen molar-refractivity contribution in [3.63, 3.8) is 0 Å². The van der Waals surface area contributed by atoms with Crippen LogP contribution in [0.5, 0.6) is 0 Å². The van der Waals surface area contributed by atoms with Gasteiger partial charge in [0, 0.05) is 6.54 Å². The van der Waals surface area contributed by atoms with E-state index in [4.69, 9.17) is 11.6 Å². The summed E-state index contributed by atoms with van der Waals surface area (Å²) in [6.07, 6.45) is 0.824. The van der Waals surface area contributed by atoms with E-state index in [1.807, 2.05) is 25.1 Å². The number of benzene rings is 1. The molecule has 0 aliphatic carbocycles. The first kappa shape index (κ1) is 10.3. The Morgan fingerprint density at radius 3 is 3.07 bits per heavy atom. The van der Waals surface area contributed by atoms with Crippen LogP contribution in [0, 0.1) is 5.92 Å². The summed E-state index contributed by atoms with van der Waals surface area (Å²) >= 11 is 6.04. The summed E-state index contributed by atoms with van der Waals surface area (Å²) in [4.78, 5) is 11.7. The Morgan fingerprint density at radius 2 is 2.33 bits per heavy atom. The van der Waals surface area contributed by atoms with Gasteiger partial charge in [0.25, 0.3) is 0 Å². The molecule has 0 radical (unpaired) electrons. The molecular formula is C11H13ClN2O. The fraction of sp³-hybridized carbons (Fsp3) is 0.364. The first-order valence-corrected chi connectivity index (χ1v) is 5.43. The molecule has 0 spiro atoms. The van der Waals surface area contributed by atoms with Crippen molar-refractivity contribution in [2.45, 2.75) is 13.3 Å². The molecule has 2 N–H and O–H groups in total. The molecule has 1 atom stereocenters. The van der Waals surface area contributed by atoms with Crippen LogP contribution >= 0.6 is 11.6 Å². The highest BCUT2D eigenvalue weighted by Gasteiger charge is 2.22. The lowest BCUT2D eigenvalue weighted by Crippen LogP contribution is -2.24. The largest absolute Gasteiger partial charge is 0.381 e. The van der Waals surface area contributed by atoms with Crippen molar-refractivity contribution in [3.05, 3.63) is 23.2 Å². The zero-order valence-corrected chi connectivity index (χ0v) is 9.27. The minimum Gasteiger partial charge on any atom is -0.381 e. The molecule has 0 aromatic heterocycles. The Balaban J connectivity index is 2.35. The normalized spacial score (nSPS) is 19.9. The van der Waals surface area contributed by atoms with Gasteiger partial charge in [-0.05, 0) is 18.6 Å².